The Morgan fingerprint density at radius 2 is 2.31 bits per heavy atom. The van der Waals surface area contributed by atoms with Gasteiger partial charge in [0.25, 0.3) is 0 Å². The maximum Gasteiger partial charge on any atom is 0.231 e. The van der Waals surface area contributed by atoms with Crippen molar-refractivity contribution < 1.29 is 4.79 Å². The summed E-state index contributed by atoms with van der Waals surface area (Å²) in [5, 5.41) is 0. The SMILES string of the molecule is CCN(CC(N)=O)C[C@H]1C(C)=CCC[C@@H]1C. The zero-order chi connectivity index (χ0) is 12.1. The summed E-state index contributed by atoms with van der Waals surface area (Å²) >= 11 is 0. The van der Waals surface area contributed by atoms with E-state index in [4.69, 9.17) is 5.73 Å². The Balaban J connectivity index is 2.58. The van der Waals surface area contributed by atoms with Crippen molar-refractivity contribution in [3.63, 3.8) is 0 Å². The van der Waals surface area contributed by atoms with Crippen molar-refractivity contribution in [1.29, 1.82) is 0 Å². The van der Waals surface area contributed by atoms with Crippen LogP contribution < -0.4 is 5.73 Å². The first kappa shape index (κ1) is 13.2. The quantitative estimate of drug-likeness (QED) is 0.724. The topological polar surface area (TPSA) is 46.3 Å². The second-order valence-electron chi connectivity index (χ2n) is 4.90. The number of allylic oxidation sites excluding steroid dienone is 1. The molecule has 0 aromatic carbocycles. The fourth-order valence-corrected chi connectivity index (χ4v) is 2.50. The van der Waals surface area contributed by atoms with E-state index in [1.165, 1.54) is 18.4 Å². The van der Waals surface area contributed by atoms with Crippen LogP contribution in [0.2, 0.25) is 0 Å². The average molecular weight is 224 g/mol. The third-order valence-corrected chi connectivity index (χ3v) is 3.64. The minimum absolute atomic E-state index is 0.230. The summed E-state index contributed by atoms with van der Waals surface area (Å²) < 4.78 is 0. The Bertz CT molecular complexity index is 273. The number of rotatable bonds is 5. The molecule has 1 amide bonds. The summed E-state index contributed by atoms with van der Waals surface area (Å²) in [4.78, 5) is 13.1. The molecule has 0 heterocycles. The van der Waals surface area contributed by atoms with Gasteiger partial charge in [-0.15, -0.1) is 0 Å². The van der Waals surface area contributed by atoms with Gasteiger partial charge in [-0.25, -0.2) is 0 Å². The average Bonchev–Trinajstić information content (AvgIpc) is 2.21. The number of primary amides is 1. The van der Waals surface area contributed by atoms with Crippen LogP contribution in [0, 0.1) is 11.8 Å². The lowest BCUT2D eigenvalue weighted by Crippen LogP contribution is -2.39. The molecular formula is C13H24N2O. The molecule has 0 aliphatic heterocycles. The molecule has 1 aliphatic rings. The first-order valence-electron chi connectivity index (χ1n) is 6.21. The van der Waals surface area contributed by atoms with Crippen LogP contribution in [0.3, 0.4) is 0 Å². The number of carbonyl (C=O) groups is 1. The molecular weight excluding hydrogens is 200 g/mol. The van der Waals surface area contributed by atoms with Crippen LogP contribution in [0.25, 0.3) is 0 Å². The van der Waals surface area contributed by atoms with Crippen molar-refractivity contribution in [2.75, 3.05) is 19.6 Å². The first-order valence-corrected chi connectivity index (χ1v) is 6.21. The molecule has 0 aromatic heterocycles. The molecule has 1 rings (SSSR count). The highest BCUT2D eigenvalue weighted by molar-refractivity contribution is 5.75. The molecule has 0 fully saturated rings. The minimum atomic E-state index is -0.230. The van der Waals surface area contributed by atoms with Crippen molar-refractivity contribution in [3.8, 4) is 0 Å². The Kier molecular flexibility index (Phi) is 5.00. The van der Waals surface area contributed by atoms with E-state index in [0.29, 0.717) is 18.4 Å². The number of carbonyl (C=O) groups excluding carboxylic acids is 1. The van der Waals surface area contributed by atoms with E-state index in [-0.39, 0.29) is 5.91 Å². The van der Waals surface area contributed by atoms with Gasteiger partial charge >= 0.3 is 0 Å². The highest BCUT2D eigenvalue weighted by Crippen LogP contribution is 2.30. The van der Waals surface area contributed by atoms with Gasteiger partial charge in [0.15, 0.2) is 0 Å². The van der Waals surface area contributed by atoms with Gasteiger partial charge in [0, 0.05) is 6.54 Å². The lowest BCUT2D eigenvalue weighted by atomic mass is 9.80. The number of amides is 1. The standard InChI is InChI=1S/C13H24N2O/c1-4-15(9-13(14)16)8-12-10(2)6-5-7-11(12)3/h6,11-12H,4-5,7-9H2,1-3H3,(H2,14,16)/t11-,12-/m0/s1. The predicted molar refractivity (Wildman–Crippen MR) is 67.0 cm³/mol. The summed E-state index contributed by atoms with van der Waals surface area (Å²) in [6, 6.07) is 0. The molecule has 92 valence electrons. The van der Waals surface area contributed by atoms with Crippen molar-refractivity contribution in [1.82, 2.24) is 4.90 Å². The Morgan fingerprint density at radius 1 is 1.62 bits per heavy atom. The predicted octanol–water partition coefficient (Wildman–Crippen LogP) is 1.79. The number of hydrogen-bond acceptors (Lipinski definition) is 2. The molecule has 16 heavy (non-hydrogen) atoms. The number of likely N-dealkylation sites (N-methyl/N-ethyl adjacent to an activating group) is 1. The summed E-state index contributed by atoms with van der Waals surface area (Å²) in [6.45, 7) is 8.82. The molecule has 0 spiro atoms. The van der Waals surface area contributed by atoms with Crippen LogP contribution in [-0.4, -0.2) is 30.4 Å². The molecule has 2 N–H and O–H groups in total. The van der Waals surface area contributed by atoms with Crippen molar-refractivity contribution in [2.45, 2.75) is 33.6 Å². The van der Waals surface area contributed by atoms with Crippen molar-refractivity contribution in [3.05, 3.63) is 11.6 Å². The second-order valence-corrected chi connectivity index (χ2v) is 4.90. The summed E-state index contributed by atoms with van der Waals surface area (Å²) in [7, 11) is 0. The van der Waals surface area contributed by atoms with E-state index in [2.05, 4.69) is 31.7 Å². The molecule has 0 saturated carbocycles. The van der Waals surface area contributed by atoms with Crippen LogP contribution >= 0.6 is 0 Å². The third kappa shape index (κ3) is 3.63. The minimum Gasteiger partial charge on any atom is -0.369 e. The molecule has 2 atom stereocenters. The van der Waals surface area contributed by atoms with Gasteiger partial charge in [0.2, 0.25) is 5.91 Å². The van der Waals surface area contributed by atoms with Gasteiger partial charge in [0.1, 0.15) is 0 Å². The fourth-order valence-electron chi connectivity index (χ4n) is 2.50. The molecule has 0 radical (unpaired) electrons. The van der Waals surface area contributed by atoms with E-state index in [1.807, 2.05) is 0 Å². The third-order valence-electron chi connectivity index (χ3n) is 3.64. The van der Waals surface area contributed by atoms with Gasteiger partial charge in [0.05, 0.1) is 6.54 Å². The summed E-state index contributed by atoms with van der Waals surface area (Å²) in [6.07, 6.45) is 4.80. The monoisotopic (exact) mass is 224 g/mol. The Morgan fingerprint density at radius 3 is 2.81 bits per heavy atom. The lowest BCUT2D eigenvalue weighted by molar-refractivity contribution is -0.119. The van der Waals surface area contributed by atoms with Gasteiger partial charge in [-0.1, -0.05) is 25.5 Å². The van der Waals surface area contributed by atoms with E-state index >= 15 is 0 Å². The van der Waals surface area contributed by atoms with Crippen LogP contribution in [0.1, 0.15) is 33.6 Å². The number of nitrogens with zero attached hydrogens (tertiary/aromatic N) is 1. The largest absolute Gasteiger partial charge is 0.369 e. The smallest absolute Gasteiger partial charge is 0.231 e. The van der Waals surface area contributed by atoms with Crippen LogP contribution in [-0.2, 0) is 4.79 Å². The van der Waals surface area contributed by atoms with E-state index in [9.17, 15) is 4.79 Å². The molecule has 3 heteroatoms. The van der Waals surface area contributed by atoms with E-state index < -0.39 is 0 Å². The van der Waals surface area contributed by atoms with Gasteiger partial charge in [-0.05, 0) is 38.1 Å². The normalized spacial score (nSPS) is 25.6. The van der Waals surface area contributed by atoms with Crippen LogP contribution in [0.4, 0.5) is 0 Å². The van der Waals surface area contributed by atoms with Crippen molar-refractivity contribution >= 4 is 5.91 Å². The summed E-state index contributed by atoms with van der Waals surface area (Å²) in [5.74, 6) is 1.08. The van der Waals surface area contributed by atoms with Gasteiger partial charge in [-0.3, -0.25) is 9.69 Å². The first-order chi connectivity index (χ1) is 7.54. The molecule has 0 saturated heterocycles. The molecule has 0 bridgehead atoms. The molecule has 0 aromatic rings. The maximum absolute atomic E-state index is 10.9. The molecule has 1 aliphatic carbocycles. The maximum atomic E-state index is 10.9. The number of hydrogen-bond donors (Lipinski definition) is 1. The highest BCUT2D eigenvalue weighted by Gasteiger charge is 2.24. The van der Waals surface area contributed by atoms with Crippen molar-refractivity contribution in [2.24, 2.45) is 17.6 Å². The zero-order valence-corrected chi connectivity index (χ0v) is 10.7. The van der Waals surface area contributed by atoms with Crippen LogP contribution in [0.5, 0.6) is 0 Å². The Hall–Kier alpha value is -0.830. The number of nitrogens with two attached hydrogens (primary N) is 1. The van der Waals surface area contributed by atoms with E-state index in [0.717, 1.165) is 13.1 Å². The van der Waals surface area contributed by atoms with E-state index in [1.54, 1.807) is 0 Å². The summed E-state index contributed by atoms with van der Waals surface area (Å²) in [5.41, 5.74) is 6.72. The second kappa shape index (κ2) is 6.04. The zero-order valence-electron chi connectivity index (χ0n) is 10.7. The van der Waals surface area contributed by atoms with Crippen LogP contribution in [0.15, 0.2) is 11.6 Å². The highest BCUT2D eigenvalue weighted by atomic mass is 16.1. The fraction of sp³-hybridized carbons (Fsp3) is 0.769. The molecule has 3 nitrogen and oxygen atoms in total. The Labute approximate surface area is 98.7 Å². The van der Waals surface area contributed by atoms with Gasteiger partial charge in [-0.2, -0.15) is 0 Å². The van der Waals surface area contributed by atoms with Gasteiger partial charge < -0.3 is 5.73 Å². The lowest BCUT2D eigenvalue weighted by Gasteiger charge is -2.33. The molecule has 0 unspecified atom stereocenters.